The van der Waals surface area contributed by atoms with Gasteiger partial charge < -0.3 is 15.6 Å². The Morgan fingerprint density at radius 2 is 1.95 bits per heavy atom. The van der Waals surface area contributed by atoms with E-state index >= 15 is 0 Å². The Morgan fingerprint density at radius 3 is 2.53 bits per heavy atom. The summed E-state index contributed by atoms with van der Waals surface area (Å²) in [7, 11) is 2.03. The van der Waals surface area contributed by atoms with Crippen molar-refractivity contribution in [3.8, 4) is 0 Å². The van der Waals surface area contributed by atoms with Crippen LogP contribution in [-0.2, 0) is 4.74 Å². The Balaban J connectivity index is 2.02. The van der Waals surface area contributed by atoms with Crippen LogP contribution in [0.15, 0.2) is 30.3 Å². The molecular formula is C15H24N2O2. The van der Waals surface area contributed by atoms with Gasteiger partial charge >= 0.3 is 0 Å². The van der Waals surface area contributed by atoms with Crippen molar-refractivity contribution in [1.29, 1.82) is 0 Å². The molecule has 2 rings (SSSR count). The number of ether oxygens (including phenoxy) is 1. The van der Waals surface area contributed by atoms with Gasteiger partial charge in [-0.15, -0.1) is 0 Å². The van der Waals surface area contributed by atoms with Crippen LogP contribution in [0.3, 0.4) is 0 Å². The summed E-state index contributed by atoms with van der Waals surface area (Å²) in [5.41, 5.74) is 6.46. The van der Waals surface area contributed by atoms with Gasteiger partial charge in [0.15, 0.2) is 0 Å². The van der Waals surface area contributed by atoms with Crippen molar-refractivity contribution in [2.45, 2.75) is 24.5 Å². The molecule has 0 radical (unpaired) electrons. The lowest BCUT2D eigenvalue weighted by atomic mass is 9.92. The lowest BCUT2D eigenvalue weighted by Crippen LogP contribution is -2.47. The average molecular weight is 264 g/mol. The number of nitrogens with zero attached hydrogens (tertiary/aromatic N) is 1. The van der Waals surface area contributed by atoms with Crippen molar-refractivity contribution in [2.24, 2.45) is 5.73 Å². The van der Waals surface area contributed by atoms with E-state index in [0.717, 1.165) is 0 Å². The molecule has 106 valence electrons. The van der Waals surface area contributed by atoms with E-state index in [-0.39, 0.29) is 6.04 Å². The Hall–Kier alpha value is -0.940. The number of benzene rings is 1. The van der Waals surface area contributed by atoms with Crippen molar-refractivity contribution < 1.29 is 9.84 Å². The van der Waals surface area contributed by atoms with Gasteiger partial charge in [0.1, 0.15) is 0 Å². The maximum Gasteiger partial charge on any atom is 0.0818 e. The molecule has 1 aliphatic heterocycles. The highest BCUT2D eigenvalue weighted by atomic mass is 16.5. The second-order valence-corrected chi connectivity index (χ2v) is 5.41. The minimum Gasteiger partial charge on any atom is -0.388 e. The van der Waals surface area contributed by atoms with Crippen LogP contribution in [0.5, 0.6) is 0 Å². The summed E-state index contributed by atoms with van der Waals surface area (Å²) in [6, 6.07) is 10.4. The molecule has 1 heterocycles. The monoisotopic (exact) mass is 264 g/mol. The fourth-order valence-electron chi connectivity index (χ4n) is 2.73. The molecule has 0 amide bonds. The first-order valence-electron chi connectivity index (χ1n) is 6.90. The van der Waals surface area contributed by atoms with Crippen LogP contribution >= 0.6 is 0 Å². The summed E-state index contributed by atoms with van der Waals surface area (Å²) in [5, 5.41) is 10.6. The standard InChI is InChI=1S/C15H24N2O2/c1-17(12-15(18)7-9-19-10-8-15)14(11-16)13-5-3-2-4-6-13/h2-6,14,18H,7-12,16H2,1H3. The zero-order valence-electron chi connectivity index (χ0n) is 11.6. The Kier molecular flexibility index (Phi) is 4.93. The molecule has 1 aromatic carbocycles. The molecule has 0 spiro atoms. The molecule has 0 saturated carbocycles. The third-order valence-corrected chi connectivity index (χ3v) is 3.91. The van der Waals surface area contributed by atoms with Gasteiger partial charge in [-0.25, -0.2) is 0 Å². The molecule has 0 aliphatic carbocycles. The van der Waals surface area contributed by atoms with E-state index in [1.165, 1.54) is 5.56 Å². The molecule has 1 saturated heterocycles. The molecule has 0 bridgehead atoms. The van der Waals surface area contributed by atoms with Gasteiger partial charge in [-0.3, -0.25) is 4.90 Å². The predicted octanol–water partition coefficient (Wildman–Crippen LogP) is 1.16. The minimum absolute atomic E-state index is 0.146. The molecular weight excluding hydrogens is 240 g/mol. The molecule has 4 heteroatoms. The van der Waals surface area contributed by atoms with Gasteiger partial charge in [-0.2, -0.15) is 0 Å². The largest absolute Gasteiger partial charge is 0.388 e. The van der Waals surface area contributed by atoms with E-state index in [2.05, 4.69) is 17.0 Å². The summed E-state index contributed by atoms with van der Waals surface area (Å²) >= 11 is 0. The van der Waals surface area contributed by atoms with E-state index in [0.29, 0.717) is 39.1 Å². The molecule has 1 aromatic rings. The van der Waals surface area contributed by atoms with Crippen LogP contribution in [0, 0.1) is 0 Å². The molecule has 0 aromatic heterocycles. The summed E-state index contributed by atoms with van der Waals surface area (Å²) in [6.45, 7) is 2.46. The van der Waals surface area contributed by atoms with E-state index in [4.69, 9.17) is 10.5 Å². The summed E-state index contributed by atoms with van der Waals surface area (Å²) in [4.78, 5) is 2.15. The quantitative estimate of drug-likeness (QED) is 0.838. The molecule has 1 unspecified atom stereocenters. The smallest absolute Gasteiger partial charge is 0.0818 e. The van der Waals surface area contributed by atoms with Crippen molar-refractivity contribution in [2.75, 3.05) is 33.4 Å². The van der Waals surface area contributed by atoms with Gasteiger partial charge in [-0.05, 0) is 12.6 Å². The highest BCUT2D eigenvalue weighted by molar-refractivity contribution is 5.19. The number of nitrogens with two attached hydrogens (primary N) is 1. The maximum atomic E-state index is 10.6. The van der Waals surface area contributed by atoms with Crippen LogP contribution in [0.1, 0.15) is 24.4 Å². The van der Waals surface area contributed by atoms with Crippen molar-refractivity contribution in [3.63, 3.8) is 0 Å². The van der Waals surface area contributed by atoms with Gasteiger partial charge in [0.05, 0.1) is 5.60 Å². The van der Waals surface area contributed by atoms with E-state index < -0.39 is 5.60 Å². The summed E-state index contributed by atoms with van der Waals surface area (Å²) in [6.07, 6.45) is 1.40. The normalized spacial score (nSPS) is 20.4. The van der Waals surface area contributed by atoms with Gasteiger partial charge in [0.2, 0.25) is 0 Å². The number of hydrogen-bond donors (Lipinski definition) is 2. The zero-order chi connectivity index (χ0) is 13.7. The fourth-order valence-corrected chi connectivity index (χ4v) is 2.73. The summed E-state index contributed by atoms with van der Waals surface area (Å²) in [5.74, 6) is 0. The van der Waals surface area contributed by atoms with Gasteiger partial charge in [0.25, 0.3) is 0 Å². The third kappa shape index (κ3) is 3.76. The summed E-state index contributed by atoms with van der Waals surface area (Å²) < 4.78 is 5.31. The SMILES string of the molecule is CN(CC1(O)CCOCC1)C(CN)c1ccccc1. The molecule has 4 nitrogen and oxygen atoms in total. The first kappa shape index (κ1) is 14.5. The van der Waals surface area contributed by atoms with Crippen molar-refractivity contribution in [1.82, 2.24) is 4.90 Å². The molecule has 1 atom stereocenters. The highest BCUT2D eigenvalue weighted by Gasteiger charge is 2.32. The highest BCUT2D eigenvalue weighted by Crippen LogP contribution is 2.25. The third-order valence-electron chi connectivity index (χ3n) is 3.91. The first-order chi connectivity index (χ1) is 9.14. The van der Waals surface area contributed by atoms with Crippen molar-refractivity contribution >= 4 is 0 Å². The lowest BCUT2D eigenvalue weighted by Gasteiger charge is -2.38. The predicted molar refractivity (Wildman–Crippen MR) is 75.9 cm³/mol. The van der Waals surface area contributed by atoms with Crippen LogP contribution in [0.25, 0.3) is 0 Å². The lowest BCUT2D eigenvalue weighted by molar-refractivity contribution is -0.0812. The van der Waals surface area contributed by atoms with E-state index in [9.17, 15) is 5.11 Å². The molecule has 1 aliphatic rings. The maximum absolute atomic E-state index is 10.6. The second-order valence-electron chi connectivity index (χ2n) is 5.41. The average Bonchev–Trinajstić information content (AvgIpc) is 2.41. The first-order valence-corrected chi connectivity index (χ1v) is 6.90. The molecule has 1 fully saturated rings. The van der Waals surface area contributed by atoms with Gasteiger partial charge in [-0.1, -0.05) is 30.3 Å². The Morgan fingerprint density at radius 1 is 1.32 bits per heavy atom. The van der Waals surface area contributed by atoms with Gasteiger partial charge in [0, 0.05) is 45.2 Å². The number of hydrogen-bond acceptors (Lipinski definition) is 4. The molecule has 19 heavy (non-hydrogen) atoms. The zero-order valence-corrected chi connectivity index (χ0v) is 11.6. The van der Waals surface area contributed by atoms with Crippen LogP contribution in [0.4, 0.5) is 0 Å². The van der Waals surface area contributed by atoms with Crippen LogP contribution in [0.2, 0.25) is 0 Å². The van der Waals surface area contributed by atoms with E-state index in [1.54, 1.807) is 0 Å². The fraction of sp³-hybridized carbons (Fsp3) is 0.600. The second kappa shape index (κ2) is 6.48. The topological polar surface area (TPSA) is 58.7 Å². The van der Waals surface area contributed by atoms with E-state index in [1.807, 2.05) is 25.2 Å². The molecule has 3 N–H and O–H groups in total. The minimum atomic E-state index is -0.644. The number of likely N-dealkylation sites (N-methyl/N-ethyl adjacent to an activating group) is 1. The number of aliphatic hydroxyl groups is 1. The number of rotatable bonds is 5. The van der Waals surface area contributed by atoms with Crippen molar-refractivity contribution in [3.05, 3.63) is 35.9 Å². The van der Waals surface area contributed by atoms with Crippen LogP contribution in [-0.4, -0.2) is 49.0 Å². The van der Waals surface area contributed by atoms with Crippen LogP contribution < -0.4 is 5.73 Å². The Bertz CT molecular complexity index is 377. The Labute approximate surface area is 115 Å².